The Morgan fingerprint density at radius 1 is 1.21 bits per heavy atom. The Morgan fingerprint density at radius 2 is 1.93 bits per heavy atom. The summed E-state index contributed by atoms with van der Waals surface area (Å²) in [6.07, 6.45) is -2.17. The van der Waals surface area contributed by atoms with E-state index < -0.39 is 28.2 Å². The lowest BCUT2D eigenvalue weighted by molar-refractivity contribution is -0.132. The molecular weight excluding hydrogens is 419 g/mol. The van der Waals surface area contributed by atoms with Crippen molar-refractivity contribution < 1.29 is 26.4 Å². The number of sulfonamides is 1. The van der Waals surface area contributed by atoms with Crippen LogP contribution in [0.25, 0.3) is 0 Å². The SMILES string of the molecule is CS(=O)(=O)N(Cc1ccc(CNNC(=O)C(F)F)cc1F)c1cccc(Cl)c1. The Kier molecular flexibility index (Phi) is 7.28. The van der Waals surface area contributed by atoms with Crippen LogP contribution in [0.5, 0.6) is 0 Å². The Hall–Kier alpha value is -2.30. The van der Waals surface area contributed by atoms with E-state index in [0.717, 1.165) is 16.6 Å². The summed E-state index contributed by atoms with van der Waals surface area (Å²) >= 11 is 5.90. The molecule has 0 atom stereocenters. The third-order valence-corrected chi connectivity index (χ3v) is 5.01. The summed E-state index contributed by atoms with van der Waals surface area (Å²) in [7, 11) is -3.71. The zero-order chi connectivity index (χ0) is 20.9. The summed E-state index contributed by atoms with van der Waals surface area (Å²) in [5.41, 5.74) is 4.80. The molecular formula is C17H17ClF3N3O3S. The highest BCUT2D eigenvalue weighted by Gasteiger charge is 2.20. The van der Waals surface area contributed by atoms with Gasteiger partial charge in [-0.2, -0.15) is 8.78 Å². The van der Waals surface area contributed by atoms with Crippen LogP contribution in [0.3, 0.4) is 0 Å². The molecule has 2 rings (SSSR count). The number of hydrogen-bond acceptors (Lipinski definition) is 4. The largest absolute Gasteiger partial charge is 0.316 e. The van der Waals surface area contributed by atoms with Gasteiger partial charge in [0.05, 0.1) is 18.5 Å². The average molecular weight is 436 g/mol. The van der Waals surface area contributed by atoms with Crippen molar-refractivity contribution in [2.24, 2.45) is 0 Å². The molecule has 11 heteroatoms. The third-order valence-electron chi connectivity index (χ3n) is 3.63. The number of nitrogens with zero attached hydrogens (tertiary/aromatic N) is 1. The highest BCUT2D eigenvalue weighted by molar-refractivity contribution is 7.92. The van der Waals surface area contributed by atoms with Gasteiger partial charge in [0.15, 0.2) is 0 Å². The van der Waals surface area contributed by atoms with Crippen LogP contribution in [-0.2, 0) is 27.9 Å². The maximum Gasteiger partial charge on any atom is 0.316 e. The number of nitrogens with one attached hydrogen (secondary N) is 2. The highest BCUT2D eigenvalue weighted by Crippen LogP contribution is 2.25. The molecule has 1 amide bonds. The number of carbonyl (C=O) groups is 1. The summed E-state index contributed by atoms with van der Waals surface area (Å²) in [4.78, 5) is 10.8. The van der Waals surface area contributed by atoms with Gasteiger partial charge in [0, 0.05) is 17.1 Å². The second kappa shape index (κ2) is 9.26. The van der Waals surface area contributed by atoms with Gasteiger partial charge < -0.3 is 0 Å². The average Bonchev–Trinajstić information content (AvgIpc) is 2.59. The molecule has 0 unspecified atom stereocenters. The first kappa shape index (κ1) is 22.0. The Morgan fingerprint density at radius 3 is 2.50 bits per heavy atom. The fourth-order valence-electron chi connectivity index (χ4n) is 2.30. The predicted molar refractivity (Wildman–Crippen MR) is 99.9 cm³/mol. The minimum atomic E-state index is -3.71. The van der Waals surface area contributed by atoms with E-state index in [0.29, 0.717) is 10.6 Å². The quantitative estimate of drug-likeness (QED) is 0.625. The van der Waals surface area contributed by atoms with Crippen LogP contribution in [0, 0.1) is 5.82 Å². The van der Waals surface area contributed by atoms with E-state index in [9.17, 15) is 26.4 Å². The topological polar surface area (TPSA) is 78.5 Å². The van der Waals surface area contributed by atoms with Gasteiger partial charge in [0.25, 0.3) is 0 Å². The van der Waals surface area contributed by atoms with Crippen molar-refractivity contribution in [1.29, 1.82) is 0 Å². The fraction of sp³-hybridized carbons (Fsp3) is 0.235. The molecule has 6 nitrogen and oxygen atoms in total. The van der Waals surface area contributed by atoms with Gasteiger partial charge in [-0.15, -0.1) is 0 Å². The monoisotopic (exact) mass is 435 g/mol. The first-order valence-corrected chi connectivity index (χ1v) is 10.1. The molecule has 0 bridgehead atoms. The second-order valence-electron chi connectivity index (χ2n) is 5.82. The Labute approximate surface area is 165 Å². The van der Waals surface area contributed by atoms with Crippen LogP contribution in [0.1, 0.15) is 11.1 Å². The molecule has 2 N–H and O–H groups in total. The molecule has 2 aromatic rings. The summed E-state index contributed by atoms with van der Waals surface area (Å²) in [5.74, 6) is -2.18. The maximum atomic E-state index is 14.4. The number of benzene rings is 2. The van der Waals surface area contributed by atoms with E-state index in [2.05, 4.69) is 5.43 Å². The normalized spacial score (nSPS) is 11.5. The zero-order valence-electron chi connectivity index (χ0n) is 14.6. The summed E-state index contributed by atoms with van der Waals surface area (Å²) in [5, 5.41) is 0.332. The number of carbonyl (C=O) groups excluding carboxylic acids is 1. The molecule has 0 spiro atoms. The highest BCUT2D eigenvalue weighted by atomic mass is 35.5. The minimum Gasteiger partial charge on any atom is -0.286 e. The summed E-state index contributed by atoms with van der Waals surface area (Å²) < 4.78 is 63.9. The van der Waals surface area contributed by atoms with E-state index in [-0.39, 0.29) is 24.3 Å². The fourth-order valence-corrected chi connectivity index (χ4v) is 3.36. The van der Waals surface area contributed by atoms with Crippen LogP contribution in [-0.4, -0.2) is 27.0 Å². The van der Waals surface area contributed by atoms with E-state index in [1.54, 1.807) is 17.6 Å². The van der Waals surface area contributed by atoms with Crippen molar-refractivity contribution in [3.05, 3.63) is 64.4 Å². The van der Waals surface area contributed by atoms with Crippen LogP contribution < -0.4 is 15.2 Å². The van der Waals surface area contributed by atoms with Crippen molar-refractivity contribution >= 4 is 33.2 Å². The number of anilines is 1. The van der Waals surface area contributed by atoms with Crippen LogP contribution >= 0.6 is 11.6 Å². The molecule has 2 aromatic carbocycles. The standard InChI is InChI=1S/C17H17ClF3N3O3S/c1-28(26,27)24(14-4-2-3-13(18)8-14)10-12-6-5-11(7-15(12)19)9-22-23-17(25)16(20)21/h2-8,16,22H,9-10H2,1H3,(H,23,25). The molecule has 0 fully saturated rings. The molecule has 0 aliphatic rings. The Bertz CT molecular complexity index is 958. The van der Waals surface area contributed by atoms with Crippen molar-refractivity contribution in [2.45, 2.75) is 19.5 Å². The van der Waals surface area contributed by atoms with Gasteiger partial charge in [0.2, 0.25) is 10.0 Å². The number of rotatable bonds is 8. The van der Waals surface area contributed by atoms with Crippen molar-refractivity contribution in [3.63, 3.8) is 0 Å². The van der Waals surface area contributed by atoms with Crippen molar-refractivity contribution in [2.75, 3.05) is 10.6 Å². The van der Waals surface area contributed by atoms with Gasteiger partial charge in [-0.1, -0.05) is 29.8 Å². The lowest BCUT2D eigenvalue weighted by Gasteiger charge is -2.23. The summed E-state index contributed by atoms with van der Waals surface area (Å²) in [6, 6.07) is 10.1. The van der Waals surface area contributed by atoms with Crippen LogP contribution in [0.15, 0.2) is 42.5 Å². The van der Waals surface area contributed by atoms with E-state index in [1.165, 1.54) is 24.3 Å². The van der Waals surface area contributed by atoms with E-state index in [1.807, 2.05) is 0 Å². The molecule has 0 aromatic heterocycles. The smallest absolute Gasteiger partial charge is 0.286 e. The van der Waals surface area contributed by atoms with E-state index in [4.69, 9.17) is 11.6 Å². The summed E-state index contributed by atoms with van der Waals surface area (Å²) in [6.45, 7) is -0.361. The van der Waals surface area contributed by atoms with Crippen molar-refractivity contribution in [1.82, 2.24) is 10.9 Å². The molecule has 152 valence electrons. The zero-order valence-corrected chi connectivity index (χ0v) is 16.2. The predicted octanol–water partition coefficient (Wildman–Crippen LogP) is 2.83. The number of hydrazine groups is 1. The first-order chi connectivity index (χ1) is 13.1. The second-order valence-corrected chi connectivity index (χ2v) is 8.16. The van der Waals surface area contributed by atoms with Gasteiger partial charge in [0.1, 0.15) is 5.82 Å². The molecule has 28 heavy (non-hydrogen) atoms. The van der Waals surface area contributed by atoms with Crippen LogP contribution in [0.2, 0.25) is 5.02 Å². The number of alkyl halides is 2. The molecule has 0 aliphatic carbocycles. The number of amides is 1. The third kappa shape index (κ3) is 6.11. The molecule has 0 aliphatic heterocycles. The van der Waals surface area contributed by atoms with Gasteiger partial charge in [-0.25, -0.2) is 18.2 Å². The molecule has 0 radical (unpaired) electrons. The minimum absolute atomic E-state index is 0.0975. The number of hydrogen-bond donors (Lipinski definition) is 2. The molecule has 0 heterocycles. The van der Waals surface area contributed by atoms with Gasteiger partial charge >= 0.3 is 12.3 Å². The van der Waals surface area contributed by atoms with Crippen molar-refractivity contribution in [3.8, 4) is 0 Å². The first-order valence-electron chi connectivity index (χ1n) is 7.89. The van der Waals surface area contributed by atoms with Gasteiger partial charge in [-0.3, -0.25) is 14.5 Å². The molecule has 0 saturated heterocycles. The maximum absolute atomic E-state index is 14.4. The lowest BCUT2D eigenvalue weighted by Crippen LogP contribution is -2.40. The van der Waals surface area contributed by atoms with Crippen LogP contribution in [0.4, 0.5) is 18.9 Å². The van der Waals surface area contributed by atoms with Gasteiger partial charge in [-0.05, 0) is 29.8 Å². The van der Waals surface area contributed by atoms with E-state index >= 15 is 0 Å². The number of halogens is 4. The molecule has 0 saturated carbocycles. The Balaban J connectivity index is 2.15. The lowest BCUT2D eigenvalue weighted by atomic mass is 10.1.